The third-order valence-corrected chi connectivity index (χ3v) is 5.05. The van der Waals surface area contributed by atoms with Gasteiger partial charge in [0.15, 0.2) is 0 Å². The summed E-state index contributed by atoms with van der Waals surface area (Å²) in [6.45, 7) is 5.44. The highest BCUT2D eigenvalue weighted by molar-refractivity contribution is 8.00. The van der Waals surface area contributed by atoms with E-state index in [1.807, 2.05) is 31.2 Å². The summed E-state index contributed by atoms with van der Waals surface area (Å²) in [7, 11) is 0. The van der Waals surface area contributed by atoms with Gasteiger partial charge in [-0.25, -0.2) is 0 Å². The van der Waals surface area contributed by atoms with Gasteiger partial charge in [-0.2, -0.15) is 0 Å². The van der Waals surface area contributed by atoms with Gasteiger partial charge in [0.2, 0.25) is 11.8 Å². The lowest BCUT2D eigenvalue weighted by atomic mass is 10.2. The highest BCUT2D eigenvalue weighted by Crippen LogP contribution is 2.28. The Balaban J connectivity index is 2.01. The number of thioether (sulfide) groups is 1. The van der Waals surface area contributed by atoms with Crippen LogP contribution in [0.25, 0.3) is 0 Å². The fraction of sp³-hybridized carbons (Fsp3) is 0.300. The quantitative estimate of drug-likeness (QED) is 0.377. The number of hydrogen-bond donors (Lipinski definition) is 2. The van der Waals surface area contributed by atoms with Crippen molar-refractivity contribution in [2.45, 2.75) is 43.8 Å². The van der Waals surface area contributed by atoms with E-state index in [0.717, 1.165) is 11.3 Å². The van der Waals surface area contributed by atoms with Crippen LogP contribution < -0.4 is 10.6 Å². The number of nitrogens with one attached hydrogen (secondary N) is 2. The topological polar surface area (TPSA) is 101 Å². The molecule has 28 heavy (non-hydrogen) atoms. The molecular weight excluding hydrogens is 378 g/mol. The normalized spacial score (nSPS) is 11.5. The Kier molecular flexibility index (Phi) is 7.57. The van der Waals surface area contributed by atoms with Crippen molar-refractivity contribution in [3.05, 3.63) is 58.1 Å². The van der Waals surface area contributed by atoms with Gasteiger partial charge in [-0.05, 0) is 50.1 Å². The van der Waals surface area contributed by atoms with Gasteiger partial charge in [-0.3, -0.25) is 19.7 Å². The Labute approximate surface area is 168 Å². The molecule has 0 saturated heterocycles. The van der Waals surface area contributed by atoms with Crippen LogP contribution in [-0.4, -0.2) is 22.0 Å². The smallest absolute Gasteiger partial charge is 0.269 e. The molecule has 8 heteroatoms. The van der Waals surface area contributed by atoms with E-state index in [2.05, 4.69) is 10.6 Å². The first kappa shape index (κ1) is 21.4. The monoisotopic (exact) mass is 401 g/mol. The van der Waals surface area contributed by atoms with Gasteiger partial charge in [0.1, 0.15) is 0 Å². The van der Waals surface area contributed by atoms with E-state index in [4.69, 9.17) is 0 Å². The molecule has 1 unspecified atom stereocenters. The number of nitrogens with zero attached hydrogens (tertiary/aromatic N) is 1. The van der Waals surface area contributed by atoms with Crippen LogP contribution in [-0.2, 0) is 9.59 Å². The maximum Gasteiger partial charge on any atom is 0.269 e. The molecule has 2 aromatic carbocycles. The fourth-order valence-electron chi connectivity index (χ4n) is 2.49. The summed E-state index contributed by atoms with van der Waals surface area (Å²) < 4.78 is 0. The number of carbonyl (C=O) groups is 2. The standard InChI is InChI=1S/C20H23N3O4S/c1-4-6-19(24)21-15-7-5-8-17(12-15)28-14(3)20(25)22-18-10-9-16(23(26)27)11-13(18)2/h5,7-12,14H,4,6H2,1-3H3,(H,21,24)(H,22,25). The van der Waals surface area contributed by atoms with Crippen molar-refractivity contribution in [2.75, 3.05) is 10.6 Å². The van der Waals surface area contributed by atoms with E-state index in [1.165, 1.54) is 30.0 Å². The molecule has 2 aromatic rings. The van der Waals surface area contributed by atoms with Crippen molar-refractivity contribution < 1.29 is 14.5 Å². The van der Waals surface area contributed by atoms with Gasteiger partial charge in [-0.15, -0.1) is 11.8 Å². The van der Waals surface area contributed by atoms with Gasteiger partial charge in [0.25, 0.3) is 5.69 Å². The van der Waals surface area contributed by atoms with Crippen LogP contribution in [0.2, 0.25) is 0 Å². The number of non-ortho nitro benzene ring substituents is 1. The molecule has 2 N–H and O–H groups in total. The molecular formula is C20H23N3O4S. The Morgan fingerprint density at radius 3 is 2.57 bits per heavy atom. The molecule has 148 valence electrons. The lowest BCUT2D eigenvalue weighted by molar-refractivity contribution is -0.384. The third-order valence-electron chi connectivity index (χ3n) is 3.96. The average Bonchev–Trinajstić information content (AvgIpc) is 2.63. The second kappa shape index (κ2) is 9.89. The Hall–Kier alpha value is -2.87. The second-order valence-electron chi connectivity index (χ2n) is 6.33. The molecule has 0 aliphatic heterocycles. The maximum atomic E-state index is 12.5. The summed E-state index contributed by atoms with van der Waals surface area (Å²) in [4.78, 5) is 35.4. The Morgan fingerprint density at radius 2 is 1.93 bits per heavy atom. The molecule has 2 amide bonds. The predicted molar refractivity (Wildman–Crippen MR) is 112 cm³/mol. The van der Waals surface area contributed by atoms with E-state index < -0.39 is 10.2 Å². The van der Waals surface area contributed by atoms with Crippen molar-refractivity contribution in [3.63, 3.8) is 0 Å². The predicted octanol–water partition coefficient (Wildman–Crippen LogP) is 4.76. The SMILES string of the molecule is CCCC(=O)Nc1cccc(SC(C)C(=O)Nc2ccc([N+](=O)[O-])cc2C)c1. The Bertz CT molecular complexity index is 886. The molecule has 0 spiro atoms. The number of nitro benzene ring substituents is 1. The minimum absolute atomic E-state index is 0.0140. The molecule has 0 radical (unpaired) electrons. The second-order valence-corrected chi connectivity index (χ2v) is 7.75. The van der Waals surface area contributed by atoms with Crippen molar-refractivity contribution in [2.24, 2.45) is 0 Å². The van der Waals surface area contributed by atoms with E-state index in [1.54, 1.807) is 13.8 Å². The zero-order valence-electron chi connectivity index (χ0n) is 16.0. The van der Waals surface area contributed by atoms with E-state index in [0.29, 0.717) is 23.4 Å². The first-order valence-electron chi connectivity index (χ1n) is 8.92. The highest BCUT2D eigenvalue weighted by Gasteiger charge is 2.17. The summed E-state index contributed by atoms with van der Waals surface area (Å²) in [6, 6.07) is 11.7. The van der Waals surface area contributed by atoms with Crippen LogP contribution in [0.5, 0.6) is 0 Å². The lowest BCUT2D eigenvalue weighted by Crippen LogP contribution is -2.22. The first-order valence-corrected chi connectivity index (χ1v) is 9.80. The molecule has 0 aliphatic carbocycles. The summed E-state index contributed by atoms with van der Waals surface area (Å²) in [6.07, 6.45) is 1.24. The molecule has 0 bridgehead atoms. The minimum Gasteiger partial charge on any atom is -0.326 e. The fourth-order valence-corrected chi connectivity index (χ4v) is 3.42. The van der Waals surface area contributed by atoms with Crippen molar-refractivity contribution >= 4 is 40.6 Å². The number of rotatable bonds is 8. The van der Waals surface area contributed by atoms with Crippen LogP contribution in [0.4, 0.5) is 17.1 Å². The summed E-state index contributed by atoms with van der Waals surface area (Å²) in [5.74, 6) is -0.244. The Morgan fingerprint density at radius 1 is 1.18 bits per heavy atom. The number of anilines is 2. The van der Waals surface area contributed by atoms with Crippen molar-refractivity contribution in [3.8, 4) is 0 Å². The van der Waals surface area contributed by atoms with Crippen molar-refractivity contribution in [1.29, 1.82) is 0 Å². The molecule has 0 saturated carbocycles. The van der Waals surface area contributed by atoms with Crippen LogP contribution in [0.1, 0.15) is 32.3 Å². The van der Waals surface area contributed by atoms with Crippen LogP contribution in [0.3, 0.4) is 0 Å². The van der Waals surface area contributed by atoms with E-state index in [9.17, 15) is 19.7 Å². The molecule has 1 atom stereocenters. The molecule has 0 fully saturated rings. The van der Waals surface area contributed by atoms with Crippen LogP contribution in [0, 0.1) is 17.0 Å². The third kappa shape index (κ3) is 6.09. The number of nitro groups is 1. The number of amides is 2. The summed E-state index contributed by atoms with van der Waals surface area (Å²) in [5.41, 5.74) is 1.85. The van der Waals surface area contributed by atoms with Gasteiger partial charge < -0.3 is 10.6 Å². The van der Waals surface area contributed by atoms with Crippen LogP contribution in [0.15, 0.2) is 47.4 Å². The minimum atomic E-state index is -0.469. The number of benzene rings is 2. The highest BCUT2D eigenvalue weighted by atomic mass is 32.2. The van der Waals surface area contributed by atoms with Gasteiger partial charge in [0.05, 0.1) is 10.2 Å². The zero-order chi connectivity index (χ0) is 20.7. The summed E-state index contributed by atoms with van der Waals surface area (Å²) >= 11 is 1.37. The first-order chi connectivity index (χ1) is 13.3. The number of aryl methyl sites for hydroxylation is 1. The van der Waals surface area contributed by atoms with Gasteiger partial charge >= 0.3 is 0 Å². The number of carbonyl (C=O) groups excluding carboxylic acids is 2. The molecule has 0 aliphatic rings. The zero-order valence-corrected chi connectivity index (χ0v) is 16.8. The van der Waals surface area contributed by atoms with E-state index in [-0.39, 0.29) is 17.5 Å². The lowest BCUT2D eigenvalue weighted by Gasteiger charge is -2.14. The molecule has 0 aromatic heterocycles. The van der Waals surface area contributed by atoms with Crippen molar-refractivity contribution in [1.82, 2.24) is 0 Å². The van der Waals surface area contributed by atoms with E-state index >= 15 is 0 Å². The number of hydrogen-bond acceptors (Lipinski definition) is 5. The maximum absolute atomic E-state index is 12.5. The van der Waals surface area contributed by atoms with Gasteiger partial charge in [-0.1, -0.05) is 13.0 Å². The molecule has 0 heterocycles. The average molecular weight is 401 g/mol. The summed E-state index contributed by atoms with van der Waals surface area (Å²) in [5, 5.41) is 16.1. The van der Waals surface area contributed by atoms with Gasteiger partial charge in [0, 0.05) is 34.8 Å². The van der Waals surface area contributed by atoms with Crippen LogP contribution >= 0.6 is 11.8 Å². The molecule has 7 nitrogen and oxygen atoms in total. The largest absolute Gasteiger partial charge is 0.326 e. The molecule has 2 rings (SSSR count).